The fourth-order valence-corrected chi connectivity index (χ4v) is 7.05. The highest BCUT2D eigenvalue weighted by Crippen LogP contribution is 2.51. The summed E-state index contributed by atoms with van der Waals surface area (Å²) in [6, 6.07) is 48.3. The third kappa shape index (κ3) is 4.04. The number of hydrogen-bond acceptors (Lipinski definition) is 4. The van der Waals surface area contributed by atoms with Gasteiger partial charge in [0.25, 0.3) is 0 Å². The molecular weight excluding hydrogens is 562 g/mol. The molecule has 1 aliphatic carbocycles. The predicted octanol–water partition coefficient (Wildman–Crippen LogP) is 10.7. The summed E-state index contributed by atoms with van der Waals surface area (Å²) in [5, 5.41) is 2.16. The number of benzene rings is 6. The number of aromatic nitrogens is 3. The van der Waals surface area contributed by atoms with E-state index in [-0.39, 0.29) is 5.41 Å². The lowest BCUT2D eigenvalue weighted by atomic mass is 9.81. The molecule has 0 saturated carbocycles. The van der Waals surface area contributed by atoms with Crippen molar-refractivity contribution in [2.24, 2.45) is 0 Å². The molecule has 0 aliphatic heterocycles. The molecule has 0 spiro atoms. The van der Waals surface area contributed by atoms with Crippen LogP contribution in [0.5, 0.6) is 0 Å². The molecule has 46 heavy (non-hydrogen) atoms. The normalized spacial score (nSPS) is 13.2. The van der Waals surface area contributed by atoms with E-state index in [4.69, 9.17) is 19.4 Å². The number of hydrogen-bond donors (Lipinski definition) is 0. The van der Waals surface area contributed by atoms with Crippen molar-refractivity contribution in [2.75, 3.05) is 0 Å². The smallest absolute Gasteiger partial charge is 0.164 e. The second-order valence-corrected chi connectivity index (χ2v) is 12.4. The first-order valence-electron chi connectivity index (χ1n) is 15.6. The lowest BCUT2D eigenvalue weighted by Gasteiger charge is -2.22. The summed E-state index contributed by atoms with van der Waals surface area (Å²) >= 11 is 0. The molecule has 8 aromatic rings. The summed E-state index contributed by atoms with van der Waals surface area (Å²) in [5.74, 6) is 1.87. The first kappa shape index (κ1) is 26.5. The summed E-state index contributed by atoms with van der Waals surface area (Å²) in [6.45, 7) is 4.63. The second kappa shape index (κ2) is 10.1. The first-order valence-corrected chi connectivity index (χ1v) is 15.6. The Kier molecular flexibility index (Phi) is 5.81. The van der Waals surface area contributed by atoms with E-state index in [1.807, 2.05) is 72.8 Å². The van der Waals surface area contributed by atoms with Crippen molar-refractivity contribution >= 4 is 21.9 Å². The first-order chi connectivity index (χ1) is 22.6. The Morgan fingerprint density at radius 1 is 0.457 bits per heavy atom. The minimum absolute atomic E-state index is 0.141. The number of fused-ring (bicyclic) bond motifs is 6. The summed E-state index contributed by atoms with van der Waals surface area (Å²) in [7, 11) is 0. The zero-order valence-corrected chi connectivity index (χ0v) is 25.5. The van der Waals surface area contributed by atoms with Crippen LogP contribution < -0.4 is 0 Å². The molecule has 6 aromatic carbocycles. The average molecular weight is 592 g/mol. The monoisotopic (exact) mass is 591 g/mol. The van der Waals surface area contributed by atoms with Gasteiger partial charge in [-0.2, -0.15) is 0 Å². The standard InChI is InChI=1S/C42H29N3O/c1-42(2)34-19-11-9-17-29(34)30-22-21-28(25-35(30)42)37-33(24-23-32-31-18-10-12-20-36(31)46-38(32)37)41-44-39(26-13-5-3-6-14-26)43-40(45-41)27-15-7-4-8-16-27/h3-25H,1-2H3. The average Bonchev–Trinajstić information content (AvgIpc) is 3.60. The van der Waals surface area contributed by atoms with Crippen LogP contribution in [0.15, 0.2) is 144 Å². The molecule has 0 saturated heterocycles. The number of nitrogens with zero attached hydrogens (tertiary/aromatic N) is 3. The summed E-state index contributed by atoms with van der Waals surface area (Å²) in [4.78, 5) is 15.2. The van der Waals surface area contributed by atoms with Crippen LogP contribution in [0.3, 0.4) is 0 Å². The molecule has 2 heterocycles. The van der Waals surface area contributed by atoms with Gasteiger partial charge in [0, 0.05) is 38.4 Å². The van der Waals surface area contributed by atoms with E-state index in [0.717, 1.165) is 49.8 Å². The van der Waals surface area contributed by atoms with Gasteiger partial charge in [-0.25, -0.2) is 15.0 Å². The third-order valence-electron chi connectivity index (χ3n) is 9.36. The Hall–Kier alpha value is -5.87. The predicted molar refractivity (Wildman–Crippen MR) is 186 cm³/mol. The number of rotatable bonds is 4. The quantitative estimate of drug-likeness (QED) is 0.204. The lowest BCUT2D eigenvalue weighted by molar-refractivity contribution is 0.660. The topological polar surface area (TPSA) is 51.8 Å². The highest BCUT2D eigenvalue weighted by Gasteiger charge is 2.35. The van der Waals surface area contributed by atoms with Crippen LogP contribution in [0.25, 0.3) is 78.4 Å². The molecule has 218 valence electrons. The van der Waals surface area contributed by atoms with Crippen molar-refractivity contribution in [3.8, 4) is 56.4 Å². The van der Waals surface area contributed by atoms with Gasteiger partial charge in [0.2, 0.25) is 0 Å². The molecule has 1 aliphatic rings. The van der Waals surface area contributed by atoms with Gasteiger partial charge < -0.3 is 4.42 Å². The van der Waals surface area contributed by atoms with Crippen LogP contribution in [0, 0.1) is 0 Å². The Morgan fingerprint density at radius 3 is 1.78 bits per heavy atom. The maximum Gasteiger partial charge on any atom is 0.164 e. The fraction of sp³-hybridized carbons (Fsp3) is 0.0714. The van der Waals surface area contributed by atoms with Gasteiger partial charge in [-0.15, -0.1) is 0 Å². The van der Waals surface area contributed by atoms with Gasteiger partial charge in [-0.05, 0) is 52.1 Å². The molecule has 0 N–H and O–H groups in total. The Labute approximate surface area is 267 Å². The minimum atomic E-state index is -0.141. The zero-order valence-electron chi connectivity index (χ0n) is 25.5. The molecule has 0 unspecified atom stereocenters. The largest absolute Gasteiger partial charge is 0.455 e. The van der Waals surface area contributed by atoms with Crippen molar-refractivity contribution in [3.05, 3.63) is 151 Å². The van der Waals surface area contributed by atoms with Gasteiger partial charge >= 0.3 is 0 Å². The van der Waals surface area contributed by atoms with Gasteiger partial charge in [-0.3, -0.25) is 0 Å². The van der Waals surface area contributed by atoms with Gasteiger partial charge in [0.1, 0.15) is 11.2 Å². The van der Waals surface area contributed by atoms with E-state index in [1.54, 1.807) is 0 Å². The molecule has 0 radical (unpaired) electrons. The Morgan fingerprint density at radius 2 is 1.04 bits per heavy atom. The van der Waals surface area contributed by atoms with Gasteiger partial charge in [-0.1, -0.05) is 129 Å². The molecular formula is C42H29N3O. The third-order valence-corrected chi connectivity index (χ3v) is 9.36. The Balaban J connectivity index is 1.34. The fourth-order valence-electron chi connectivity index (χ4n) is 7.05. The summed E-state index contributed by atoms with van der Waals surface area (Å²) in [6.07, 6.45) is 0. The molecule has 0 atom stereocenters. The zero-order chi connectivity index (χ0) is 30.8. The molecule has 0 bridgehead atoms. The maximum absolute atomic E-state index is 6.69. The van der Waals surface area contributed by atoms with E-state index in [0.29, 0.717) is 17.5 Å². The minimum Gasteiger partial charge on any atom is -0.455 e. The lowest BCUT2D eigenvalue weighted by Crippen LogP contribution is -2.14. The van der Waals surface area contributed by atoms with Crippen molar-refractivity contribution in [2.45, 2.75) is 19.3 Å². The van der Waals surface area contributed by atoms with E-state index in [9.17, 15) is 0 Å². The van der Waals surface area contributed by atoms with Gasteiger partial charge in [0.05, 0.1) is 0 Å². The van der Waals surface area contributed by atoms with Crippen LogP contribution in [0.1, 0.15) is 25.0 Å². The SMILES string of the molecule is CC1(C)c2ccccc2-c2ccc(-c3c(-c4nc(-c5ccccc5)nc(-c5ccccc5)n4)ccc4c3oc3ccccc34)cc21. The van der Waals surface area contributed by atoms with Crippen LogP contribution >= 0.6 is 0 Å². The van der Waals surface area contributed by atoms with E-state index >= 15 is 0 Å². The van der Waals surface area contributed by atoms with E-state index < -0.39 is 0 Å². The molecule has 9 rings (SSSR count). The van der Waals surface area contributed by atoms with E-state index in [1.165, 1.54) is 22.3 Å². The molecule has 0 amide bonds. The van der Waals surface area contributed by atoms with Crippen LogP contribution in [-0.4, -0.2) is 15.0 Å². The molecule has 0 fully saturated rings. The van der Waals surface area contributed by atoms with Crippen LogP contribution in [0.2, 0.25) is 0 Å². The van der Waals surface area contributed by atoms with Gasteiger partial charge in [0.15, 0.2) is 17.5 Å². The molecule has 2 aromatic heterocycles. The van der Waals surface area contributed by atoms with Crippen LogP contribution in [0.4, 0.5) is 0 Å². The maximum atomic E-state index is 6.69. The number of furan rings is 1. The highest BCUT2D eigenvalue weighted by molar-refractivity contribution is 6.12. The summed E-state index contributed by atoms with van der Waals surface area (Å²) in [5.41, 5.74) is 11.6. The van der Waals surface area contributed by atoms with Crippen molar-refractivity contribution in [1.82, 2.24) is 15.0 Å². The Bertz CT molecular complexity index is 2380. The van der Waals surface area contributed by atoms with Crippen molar-refractivity contribution in [3.63, 3.8) is 0 Å². The van der Waals surface area contributed by atoms with Crippen LogP contribution in [-0.2, 0) is 5.41 Å². The summed E-state index contributed by atoms with van der Waals surface area (Å²) < 4.78 is 6.69. The van der Waals surface area contributed by atoms with E-state index in [2.05, 4.69) is 80.6 Å². The molecule has 4 nitrogen and oxygen atoms in total. The number of para-hydroxylation sites is 1. The van der Waals surface area contributed by atoms with Crippen molar-refractivity contribution in [1.29, 1.82) is 0 Å². The van der Waals surface area contributed by atoms with Crippen molar-refractivity contribution < 1.29 is 4.42 Å². The highest BCUT2D eigenvalue weighted by atomic mass is 16.3. The molecule has 4 heteroatoms. The second-order valence-electron chi connectivity index (χ2n) is 12.4.